The molecule has 2 aliphatic rings. The molecule has 0 aromatic carbocycles. The van der Waals surface area contributed by atoms with E-state index in [9.17, 15) is 49.1 Å². The van der Waals surface area contributed by atoms with Crippen LogP contribution in [0.3, 0.4) is 0 Å². The predicted molar refractivity (Wildman–Crippen MR) is 208 cm³/mol. The van der Waals surface area contributed by atoms with Crippen LogP contribution in [0.25, 0.3) is 22.3 Å². The molecule has 6 heterocycles. The summed E-state index contributed by atoms with van der Waals surface area (Å²) in [6, 6.07) is 0. The van der Waals surface area contributed by atoms with Crippen molar-refractivity contribution in [2.75, 3.05) is 24.7 Å². The van der Waals surface area contributed by atoms with E-state index in [2.05, 4.69) is 70.4 Å². The van der Waals surface area contributed by atoms with Crippen LogP contribution in [-0.2, 0) is 59.9 Å². The van der Waals surface area contributed by atoms with E-state index in [1.807, 2.05) is 0 Å². The molecule has 12 atom stereocenters. The number of halogens is 4. The fourth-order valence-electron chi connectivity index (χ4n) is 5.31. The van der Waals surface area contributed by atoms with E-state index >= 15 is 0 Å². The summed E-state index contributed by atoms with van der Waals surface area (Å²) in [6.45, 7) is -11.9. The van der Waals surface area contributed by atoms with Crippen LogP contribution in [-0.4, -0.2) is 133 Å². The molecular formula is C21H26Br2Cl2N10O16P4S2. The van der Waals surface area contributed by atoms with Gasteiger partial charge in [0.25, 0.3) is 0 Å². The lowest BCUT2D eigenvalue weighted by molar-refractivity contribution is -0.0486. The van der Waals surface area contributed by atoms with Crippen molar-refractivity contribution < 1.29 is 76.3 Å². The molecule has 0 bridgehead atoms. The van der Waals surface area contributed by atoms with Gasteiger partial charge >= 0.3 is 32.4 Å². The third kappa shape index (κ3) is 9.16. The molecule has 2 fully saturated rings. The number of hydrogen-bond acceptors (Lipinski definition) is 22. The van der Waals surface area contributed by atoms with Gasteiger partial charge in [0.15, 0.2) is 35.4 Å². The fraction of sp³-hybridized carbons (Fsp3) is 0.524. The quantitative estimate of drug-likeness (QED) is 0.0468. The molecule has 0 radical (unpaired) electrons. The maximum Gasteiger partial charge on any atom is 0.383 e. The average Bonchev–Trinajstić information content (AvgIpc) is 3.83. The molecule has 0 spiro atoms. The zero-order valence-corrected chi connectivity index (χ0v) is 37.3. The molecule has 12 N–H and O–H groups in total. The van der Waals surface area contributed by atoms with Gasteiger partial charge in [-0.3, -0.25) is 18.3 Å². The first kappa shape index (κ1) is 46.0. The van der Waals surface area contributed by atoms with Gasteiger partial charge < -0.3 is 70.0 Å². The van der Waals surface area contributed by atoms with Gasteiger partial charge in [-0.1, -0.05) is 23.2 Å². The molecule has 4 aromatic rings. The van der Waals surface area contributed by atoms with Crippen molar-refractivity contribution in [1.82, 2.24) is 39.0 Å². The molecule has 2 aliphatic heterocycles. The minimum Gasteiger partial charge on any atom is -0.387 e. The Hall–Kier alpha value is -0.560. The molecule has 6 rings (SSSR count). The zero-order valence-electron chi connectivity index (χ0n) is 27.4. The second-order valence-corrected chi connectivity index (χ2v) is 25.8. The number of ether oxygens (including phenoxy) is 2. The van der Waals surface area contributed by atoms with Crippen molar-refractivity contribution in [1.29, 1.82) is 0 Å². The van der Waals surface area contributed by atoms with Crippen LogP contribution in [0.1, 0.15) is 12.5 Å². The second kappa shape index (κ2) is 16.6. The van der Waals surface area contributed by atoms with E-state index in [4.69, 9.17) is 76.8 Å². The molecule has 4 unspecified atom stereocenters. The number of hydrogen-bond donors (Lipinski definition) is 10. The molecule has 4 aromatic heterocycles. The SMILES string of the molecule is Nc1nc(Br)nc2c1ncn2[C@@H]1O[C@H](COP(O)(=S)OP(=O)(O)C(Cl)(Cl)P(=O)(O)OP(O)(=S)OC[C@H]2O[C@@H](n3cnc4c(N)nc(Br)nc43)[C@H](O)[C@@H]2O)[C@@H](O)[C@H]1O. The minimum atomic E-state index is -6.08. The summed E-state index contributed by atoms with van der Waals surface area (Å²) >= 11 is 27.2. The number of aromatic nitrogens is 8. The summed E-state index contributed by atoms with van der Waals surface area (Å²) in [5.41, 5.74) is 12.1. The number of fused-ring (bicyclic) bond motifs is 2. The molecule has 36 heteroatoms. The summed E-state index contributed by atoms with van der Waals surface area (Å²) in [7, 11) is -12.2. The maximum atomic E-state index is 13.2. The number of aliphatic hydroxyl groups excluding tert-OH is 4. The summed E-state index contributed by atoms with van der Waals surface area (Å²) in [6.07, 6.45) is -10.2. The van der Waals surface area contributed by atoms with Gasteiger partial charge in [-0.05, 0) is 55.5 Å². The Balaban J connectivity index is 1.07. The number of aliphatic hydroxyl groups is 4. The smallest absolute Gasteiger partial charge is 0.383 e. The normalized spacial score (nSPS) is 30.0. The molecule has 2 saturated heterocycles. The number of nitrogens with zero attached hydrogens (tertiary/aromatic N) is 8. The lowest BCUT2D eigenvalue weighted by atomic mass is 10.1. The first-order valence-electron chi connectivity index (χ1n) is 15.0. The number of rotatable bonds is 14. The highest BCUT2D eigenvalue weighted by Crippen LogP contribution is 2.83. The molecule has 0 saturated carbocycles. The van der Waals surface area contributed by atoms with Crippen molar-refractivity contribution in [2.45, 2.75) is 52.9 Å². The third-order valence-electron chi connectivity index (χ3n) is 7.98. The number of anilines is 2. The Morgan fingerprint density at radius 2 is 1.07 bits per heavy atom. The van der Waals surface area contributed by atoms with Crippen molar-refractivity contribution in [2.24, 2.45) is 0 Å². The van der Waals surface area contributed by atoms with Gasteiger partial charge in [0, 0.05) is 0 Å². The van der Waals surface area contributed by atoms with E-state index in [1.165, 1.54) is 21.8 Å². The number of nitrogens with two attached hydrogens (primary N) is 2. The van der Waals surface area contributed by atoms with E-state index in [0.717, 1.165) is 0 Å². The van der Waals surface area contributed by atoms with E-state index < -0.39 is 94.7 Å². The van der Waals surface area contributed by atoms with Crippen molar-refractivity contribution >= 4 is 141 Å². The van der Waals surface area contributed by atoms with Crippen LogP contribution in [0.15, 0.2) is 22.1 Å². The average molecular weight is 1090 g/mol. The standard InChI is InChI=1S/C21H26Br2Cl2N10O16P4S2/c22-19-30-13(26)7-15(32-19)34(3-28-7)17-11(38)9(36)5(48-17)1-46-54(44,56)50-52(40,41)21(24,25)53(42,43)51-55(45,57)47-2-6-10(37)12(39)18(49-6)35-4-29-8-14(27)31-20(23)33-16(8)35/h3-6,9-12,17-18,36-39H,1-2H2,(H,40,41)(H,42,43)(H,44,56)(H,45,57)(H2,26,30,32)(H2,27,31,33)/t5-,6-,9-,10-,11-,12-,17-,18-,54?,55?/m1/s1. The highest BCUT2D eigenvalue weighted by Gasteiger charge is 2.65. The molecule has 57 heavy (non-hydrogen) atoms. The number of nitrogen functional groups attached to an aromatic ring is 2. The number of alkyl halides is 2. The predicted octanol–water partition coefficient (Wildman–Crippen LogP) is 0.554. The van der Waals surface area contributed by atoms with Crippen LogP contribution in [0, 0.1) is 0 Å². The van der Waals surface area contributed by atoms with Gasteiger partial charge in [0.2, 0.25) is 9.47 Å². The Morgan fingerprint density at radius 3 is 1.42 bits per heavy atom. The molecule has 26 nitrogen and oxygen atoms in total. The first-order chi connectivity index (χ1) is 26.3. The Kier molecular flexibility index (Phi) is 13.4. The van der Waals surface area contributed by atoms with Gasteiger partial charge in [0.05, 0.1) is 25.9 Å². The van der Waals surface area contributed by atoms with Crippen LogP contribution in [0.2, 0.25) is 0 Å². The van der Waals surface area contributed by atoms with E-state index in [0.29, 0.717) is 0 Å². The van der Waals surface area contributed by atoms with Gasteiger partial charge in [-0.2, -0.15) is 0 Å². The molecule has 0 amide bonds. The fourth-order valence-corrected chi connectivity index (χ4v) is 15.1. The highest BCUT2D eigenvalue weighted by atomic mass is 79.9. The second-order valence-electron chi connectivity index (χ2n) is 11.7. The molecule has 316 valence electrons. The zero-order chi connectivity index (χ0) is 42.2. The van der Waals surface area contributed by atoms with Crippen LogP contribution >= 0.6 is 83.7 Å². The van der Waals surface area contributed by atoms with Crippen molar-refractivity contribution in [3.63, 3.8) is 0 Å². The van der Waals surface area contributed by atoms with E-state index in [-0.39, 0.29) is 43.4 Å². The first-order valence-corrected chi connectivity index (χ1v) is 25.7. The summed E-state index contributed by atoms with van der Waals surface area (Å²) < 4.78 is 55.3. The number of imidazole rings is 2. The summed E-state index contributed by atoms with van der Waals surface area (Å²) in [4.78, 5) is 66.5. The minimum absolute atomic E-state index is 0.0185. The maximum absolute atomic E-state index is 13.2. The lowest BCUT2D eigenvalue weighted by Crippen LogP contribution is -2.33. The Morgan fingerprint density at radius 1 is 0.719 bits per heavy atom. The van der Waals surface area contributed by atoms with Crippen LogP contribution in [0.5, 0.6) is 0 Å². The van der Waals surface area contributed by atoms with E-state index in [1.54, 1.807) is 0 Å². The monoisotopic (exact) mass is 1090 g/mol. The van der Waals surface area contributed by atoms with Gasteiger partial charge in [-0.25, -0.2) is 38.5 Å². The third-order valence-corrected chi connectivity index (χ3v) is 20.3. The molecule has 0 aliphatic carbocycles. The van der Waals surface area contributed by atoms with Gasteiger partial charge in [-0.15, -0.1) is 0 Å². The van der Waals surface area contributed by atoms with Gasteiger partial charge in [0.1, 0.15) is 47.7 Å². The highest BCUT2D eigenvalue weighted by molar-refractivity contribution is 9.10. The largest absolute Gasteiger partial charge is 0.387 e. The topological polar surface area (TPSA) is 391 Å². The molecular weight excluding hydrogens is 1070 g/mol. The van der Waals surface area contributed by atoms with Crippen molar-refractivity contribution in [3.8, 4) is 0 Å². The summed E-state index contributed by atoms with van der Waals surface area (Å²) in [5.74, 6) is -0.0370. The van der Waals surface area contributed by atoms with Crippen molar-refractivity contribution in [3.05, 3.63) is 22.1 Å². The van der Waals surface area contributed by atoms with Crippen LogP contribution in [0.4, 0.5) is 11.6 Å². The lowest BCUT2D eigenvalue weighted by Gasteiger charge is -2.31. The Labute approximate surface area is 354 Å². The Bertz CT molecular complexity index is 2250. The van der Waals surface area contributed by atoms with Crippen LogP contribution < -0.4 is 11.5 Å². The summed E-state index contributed by atoms with van der Waals surface area (Å²) in [5, 5.41) is 42.6.